The van der Waals surface area contributed by atoms with Gasteiger partial charge < -0.3 is 16.0 Å². The molecular weight excluding hydrogens is 288 g/mol. The predicted octanol–water partition coefficient (Wildman–Crippen LogP) is 1.57. The number of nitrogens with zero attached hydrogens (tertiary/aromatic N) is 1. The SMILES string of the molecule is CCNC(=O)CN=C(NCC)NCCc1ccc(Cl)cc1. The van der Waals surface area contributed by atoms with Crippen LogP contribution in [-0.2, 0) is 11.2 Å². The van der Waals surface area contributed by atoms with Crippen molar-refractivity contribution in [2.24, 2.45) is 4.99 Å². The normalized spacial score (nSPS) is 11.1. The molecule has 0 aliphatic rings. The number of carbonyl (C=O) groups is 1. The lowest BCUT2D eigenvalue weighted by Gasteiger charge is -2.11. The number of nitrogens with one attached hydrogen (secondary N) is 3. The molecule has 0 heterocycles. The molecule has 0 aromatic heterocycles. The highest BCUT2D eigenvalue weighted by atomic mass is 35.5. The first-order valence-electron chi connectivity index (χ1n) is 7.19. The Bertz CT molecular complexity index is 459. The number of halogens is 1. The lowest BCUT2D eigenvalue weighted by molar-refractivity contribution is -0.119. The lowest BCUT2D eigenvalue weighted by Crippen LogP contribution is -2.39. The summed E-state index contributed by atoms with van der Waals surface area (Å²) in [7, 11) is 0. The van der Waals surface area contributed by atoms with Crippen LogP contribution >= 0.6 is 11.6 Å². The minimum absolute atomic E-state index is 0.0765. The van der Waals surface area contributed by atoms with Gasteiger partial charge in [0.15, 0.2) is 5.96 Å². The molecule has 0 aliphatic heterocycles. The molecule has 0 radical (unpaired) electrons. The summed E-state index contributed by atoms with van der Waals surface area (Å²) in [6, 6.07) is 7.77. The third-order valence-electron chi connectivity index (χ3n) is 2.72. The van der Waals surface area contributed by atoms with E-state index in [1.54, 1.807) is 0 Å². The maximum Gasteiger partial charge on any atom is 0.241 e. The Kier molecular flexibility index (Phi) is 8.28. The van der Waals surface area contributed by atoms with Crippen molar-refractivity contribution in [3.8, 4) is 0 Å². The number of likely N-dealkylation sites (N-methyl/N-ethyl adjacent to an activating group) is 1. The predicted molar refractivity (Wildman–Crippen MR) is 87.8 cm³/mol. The highest BCUT2D eigenvalue weighted by molar-refractivity contribution is 6.30. The van der Waals surface area contributed by atoms with Crippen molar-refractivity contribution in [2.45, 2.75) is 20.3 Å². The summed E-state index contributed by atoms with van der Waals surface area (Å²) < 4.78 is 0. The molecule has 21 heavy (non-hydrogen) atoms. The Labute approximate surface area is 131 Å². The lowest BCUT2D eigenvalue weighted by atomic mass is 10.1. The summed E-state index contributed by atoms with van der Waals surface area (Å²) in [5.41, 5.74) is 1.20. The molecule has 0 atom stereocenters. The van der Waals surface area contributed by atoms with E-state index in [4.69, 9.17) is 11.6 Å². The minimum Gasteiger partial charge on any atom is -0.357 e. The Balaban J connectivity index is 2.41. The summed E-state index contributed by atoms with van der Waals surface area (Å²) in [4.78, 5) is 15.6. The van der Waals surface area contributed by atoms with E-state index in [2.05, 4.69) is 20.9 Å². The van der Waals surface area contributed by atoms with E-state index < -0.39 is 0 Å². The number of guanidine groups is 1. The number of hydrogen-bond donors (Lipinski definition) is 3. The van der Waals surface area contributed by atoms with Gasteiger partial charge in [0.05, 0.1) is 0 Å². The molecule has 3 N–H and O–H groups in total. The second kappa shape index (κ2) is 10.0. The van der Waals surface area contributed by atoms with Crippen LogP contribution in [0.25, 0.3) is 0 Å². The number of hydrogen-bond acceptors (Lipinski definition) is 2. The molecule has 6 heteroatoms. The van der Waals surface area contributed by atoms with E-state index in [1.165, 1.54) is 5.56 Å². The van der Waals surface area contributed by atoms with E-state index in [1.807, 2.05) is 38.1 Å². The van der Waals surface area contributed by atoms with Gasteiger partial charge in [-0.3, -0.25) is 4.79 Å². The number of aliphatic imine (C=N–C) groups is 1. The van der Waals surface area contributed by atoms with Gasteiger partial charge in [0, 0.05) is 24.7 Å². The van der Waals surface area contributed by atoms with Crippen molar-refractivity contribution >= 4 is 23.5 Å². The van der Waals surface area contributed by atoms with Crippen LogP contribution in [0.5, 0.6) is 0 Å². The molecule has 116 valence electrons. The molecule has 1 aromatic rings. The molecule has 0 saturated heterocycles. The van der Waals surface area contributed by atoms with Gasteiger partial charge in [-0.05, 0) is 38.0 Å². The number of carbonyl (C=O) groups excluding carboxylic acids is 1. The van der Waals surface area contributed by atoms with Crippen molar-refractivity contribution < 1.29 is 4.79 Å². The molecular formula is C15H23ClN4O. The maximum absolute atomic E-state index is 11.4. The van der Waals surface area contributed by atoms with Crippen LogP contribution in [0.15, 0.2) is 29.3 Å². The van der Waals surface area contributed by atoms with E-state index in [0.717, 1.165) is 24.5 Å². The fourth-order valence-corrected chi connectivity index (χ4v) is 1.85. The van der Waals surface area contributed by atoms with Gasteiger partial charge in [-0.1, -0.05) is 23.7 Å². The topological polar surface area (TPSA) is 65.5 Å². The zero-order chi connectivity index (χ0) is 15.5. The van der Waals surface area contributed by atoms with Gasteiger partial charge in [0.25, 0.3) is 0 Å². The fraction of sp³-hybridized carbons (Fsp3) is 0.467. The van der Waals surface area contributed by atoms with Gasteiger partial charge in [0.1, 0.15) is 6.54 Å². The first kappa shape index (κ1) is 17.3. The number of rotatable bonds is 7. The first-order valence-corrected chi connectivity index (χ1v) is 7.56. The summed E-state index contributed by atoms with van der Waals surface area (Å²) in [5, 5.41) is 9.78. The number of amides is 1. The quantitative estimate of drug-likeness (QED) is 0.529. The highest BCUT2D eigenvalue weighted by Crippen LogP contribution is 2.09. The molecule has 0 spiro atoms. The van der Waals surface area contributed by atoms with Crippen LogP contribution in [0, 0.1) is 0 Å². The van der Waals surface area contributed by atoms with Crippen LogP contribution in [-0.4, -0.2) is 38.0 Å². The van der Waals surface area contributed by atoms with Gasteiger partial charge in [-0.2, -0.15) is 0 Å². The zero-order valence-corrected chi connectivity index (χ0v) is 13.3. The Morgan fingerprint density at radius 3 is 2.38 bits per heavy atom. The molecule has 0 fully saturated rings. The van der Waals surface area contributed by atoms with Crippen LogP contribution in [0.3, 0.4) is 0 Å². The van der Waals surface area contributed by atoms with Crippen molar-refractivity contribution in [1.82, 2.24) is 16.0 Å². The summed E-state index contributed by atoms with van der Waals surface area (Å²) in [6.07, 6.45) is 0.864. The van der Waals surface area contributed by atoms with Crippen molar-refractivity contribution in [2.75, 3.05) is 26.2 Å². The van der Waals surface area contributed by atoms with Gasteiger partial charge >= 0.3 is 0 Å². The Hall–Kier alpha value is -1.75. The van der Waals surface area contributed by atoms with E-state index in [-0.39, 0.29) is 12.5 Å². The van der Waals surface area contributed by atoms with Gasteiger partial charge in [0.2, 0.25) is 5.91 Å². The van der Waals surface area contributed by atoms with Gasteiger partial charge in [-0.25, -0.2) is 4.99 Å². The van der Waals surface area contributed by atoms with E-state index >= 15 is 0 Å². The van der Waals surface area contributed by atoms with Crippen LogP contribution < -0.4 is 16.0 Å². The van der Waals surface area contributed by atoms with Gasteiger partial charge in [-0.15, -0.1) is 0 Å². The molecule has 5 nitrogen and oxygen atoms in total. The zero-order valence-electron chi connectivity index (χ0n) is 12.6. The van der Waals surface area contributed by atoms with E-state index in [9.17, 15) is 4.79 Å². The van der Waals surface area contributed by atoms with Crippen LogP contribution in [0.4, 0.5) is 0 Å². The molecule has 0 unspecified atom stereocenters. The van der Waals surface area contributed by atoms with Crippen molar-refractivity contribution in [3.63, 3.8) is 0 Å². The molecule has 1 amide bonds. The Morgan fingerprint density at radius 1 is 1.10 bits per heavy atom. The standard InChI is InChI=1S/C15H23ClN4O/c1-3-17-14(21)11-20-15(18-4-2)19-10-9-12-5-7-13(16)8-6-12/h5-8H,3-4,9-11H2,1-2H3,(H,17,21)(H2,18,19,20). The third-order valence-corrected chi connectivity index (χ3v) is 2.97. The molecule has 0 bridgehead atoms. The third kappa shape index (κ3) is 7.56. The summed E-state index contributed by atoms with van der Waals surface area (Å²) in [6.45, 7) is 6.11. The average Bonchev–Trinajstić information content (AvgIpc) is 2.47. The molecule has 0 saturated carbocycles. The highest BCUT2D eigenvalue weighted by Gasteiger charge is 2.01. The second-order valence-corrected chi connectivity index (χ2v) is 4.89. The minimum atomic E-state index is -0.0765. The van der Waals surface area contributed by atoms with Crippen LogP contribution in [0.2, 0.25) is 5.02 Å². The largest absolute Gasteiger partial charge is 0.357 e. The average molecular weight is 311 g/mol. The summed E-state index contributed by atoms with van der Waals surface area (Å²) in [5.74, 6) is 0.574. The second-order valence-electron chi connectivity index (χ2n) is 4.45. The fourth-order valence-electron chi connectivity index (χ4n) is 1.72. The number of benzene rings is 1. The molecule has 1 aromatic carbocycles. The first-order chi connectivity index (χ1) is 10.2. The summed E-state index contributed by atoms with van der Waals surface area (Å²) >= 11 is 5.85. The Morgan fingerprint density at radius 2 is 1.76 bits per heavy atom. The maximum atomic E-state index is 11.4. The van der Waals surface area contributed by atoms with Crippen molar-refractivity contribution in [1.29, 1.82) is 0 Å². The molecule has 1 rings (SSSR count). The molecule has 0 aliphatic carbocycles. The van der Waals surface area contributed by atoms with Crippen LogP contribution in [0.1, 0.15) is 19.4 Å². The monoisotopic (exact) mass is 310 g/mol. The van der Waals surface area contributed by atoms with Crippen molar-refractivity contribution in [3.05, 3.63) is 34.9 Å². The smallest absolute Gasteiger partial charge is 0.241 e. The van der Waals surface area contributed by atoms with E-state index in [0.29, 0.717) is 12.5 Å².